The first-order valence-corrected chi connectivity index (χ1v) is 19.9. The molecule has 4 aromatic heterocycles. The van der Waals surface area contributed by atoms with Gasteiger partial charge < -0.3 is 9.13 Å². The Morgan fingerprint density at radius 3 is 1.61 bits per heavy atom. The van der Waals surface area contributed by atoms with Crippen molar-refractivity contribution in [2.45, 2.75) is 0 Å². The Labute approximate surface area is 331 Å². The predicted octanol–water partition coefficient (Wildman–Crippen LogP) is 13.4. The average Bonchev–Trinajstić information content (AvgIpc) is 3.94. The number of thiophene rings is 1. The highest BCUT2D eigenvalue weighted by Crippen LogP contribution is 2.41. The maximum atomic E-state index is 5.22. The molecule has 5 nitrogen and oxygen atoms in total. The normalized spacial score (nSPS) is 11.9. The first kappa shape index (κ1) is 31.9. The molecule has 266 valence electrons. The maximum Gasteiger partial charge on any atom is 0.164 e. The zero-order valence-electron chi connectivity index (χ0n) is 30.5. The van der Waals surface area contributed by atoms with Crippen LogP contribution in [-0.4, -0.2) is 24.1 Å². The summed E-state index contributed by atoms with van der Waals surface area (Å²) in [5.41, 5.74) is 9.61. The fourth-order valence-corrected chi connectivity index (χ4v) is 9.76. The molecule has 0 saturated carbocycles. The van der Waals surface area contributed by atoms with Gasteiger partial charge in [-0.25, -0.2) is 15.0 Å². The van der Waals surface area contributed by atoms with Gasteiger partial charge in [-0.2, -0.15) is 0 Å². The molecular weight excluding hydrogens is 715 g/mol. The van der Waals surface area contributed by atoms with E-state index in [9.17, 15) is 0 Å². The second-order valence-corrected chi connectivity index (χ2v) is 15.5. The van der Waals surface area contributed by atoms with E-state index >= 15 is 0 Å². The van der Waals surface area contributed by atoms with E-state index in [1.807, 2.05) is 18.2 Å². The van der Waals surface area contributed by atoms with E-state index in [2.05, 4.69) is 179 Å². The quantitative estimate of drug-likeness (QED) is 0.176. The van der Waals surface area contributed by atoms with Crippen LogP contribution in [0, 0.1) is 0 Å². The van der Waals surface area contributed by atoms with Crippen molar-refractivity contribution in [2.75, 3.05) is 0 Å². The topological polar surface area (TPSA) is 48.5 Å². The Hall–Kier alpha value is -7.41. The molecule has 8 aromatic carbocycles. The highest BCUT2D eigenvalue weighted by atomic mass is 32.1. The third-order valence-electron chi connectivity index (χ3n) is 11.2. The van der Waals surface area contributed by atoms with E-state index in [0.717, 1.165) is 44.6 Å². The molecule has 0 unspecified atom stereocenters. The highest BCUT2D eigenvalue weighted by molar-refractivity contribution is 7.25. The molecule has 12 rings (SSSR count). The molecule has 57 heavy (non-hydrogen) atoms. The van der Waals surface area contributed by atoms with Gasteiger partial charge in [0.1, 0.15) is 0 Å². The first-order chi connectivity index (χ1) is 28.3. The van der Waals surface area contributed by atoms with Crippen LogP contribution in [0.15, 0.2) is 188 Å². The summed E-state index contributed by atoms with van der Waals surface area (Å²) in [7, 11) is 0. The van der Waals surface area contributed by atoms with Gasteiger partial charge >= 0.3 is 0 Å². The zero-order chi connectivity index (χ0) is 37.5. The maximum absolute atomic E-state index is 5.22. The van der Waals surface area contributed by atoms with Crippen LogP contribution in [0.3, 0.4) is 0 Å². The van der Waals surface area contributed by atoms with Crippen LogP contribution in [0.1, 0.15) is 0 Å². The predicted molar refractivity (Wildman–Crippen MR) is 238 cm³/mol. The lowest BCUT2D eigenvalue weighted by molar-refractivity contribution is 1.07. The van der Waals surface area contributed by atoms with Crippen LogP contribution in [0.2, 0.25) is 0 Å². The van der Waals surface area contributed by atoms with Gasteiger partial charge in [0.05, 0.1) is 27.8 Å². The summed E-state index contributed by atoms with van der Waals surface area (Å²) in [6, 6.07) is 66.7. The van der Waals surface area contributed by atoms with Crippen molar-refractivity contribution in [1.29, 1.82) is 0 Å². The SMILES string of the molecule is c1ccc(-c2nc(-c3ccc4c(c3)sc3ccccc34)nc(-c3ccc4c5ccccc5n(-c5cccc6c7ccccc7n(-c7ccccc7)c56)c4c3)n2)cc1. The number of para-hydroxylation sites is 4. The molecule has 0 fully saturated rings. The van der Waals surface area contributed by atoms with Crippen molar-refractivity contribution in [3.05, 3.63) is 188 Å². The van der Waals surface area contributed by atoms with Crippen LogP contribution in [0.25, 0.3) is 109 Å². The molecule has 0 aliphatic rings. The van der Waals surface area contributed by atoms with Crippen molar-refractivity contribution >= 4 is 75.1 Å². The second-order valence-electron chi connectivity index (χ2n) is 14.4. The van der Waals surface area contributed by atoms with Crippen LogP contribution in [0.4, 0.5) is 0 Å². The summed E-state index contributed by atoms with van der Waals surface area (Å²) in [5, 5.41) is 7.31. The minimum atomic E-state index is 0.630. The molecule has 6 heteroatoms. The molecule has 0 aliphatic heterocycles. The number of fused-ring (bicyclic) bond motifs is 9. The highest BCUT2D eigenvalue weighted by Gasteiger charge is 2.21. The Bertz CT molecular complexity index is 3520. The van der Waals surface area contributed by atoms with Gasteiger partial charge in [-0.05, 0) is 48.5 Å². The molecule has 4 heterocycles. The van der Waals surface area contributed by atoms with E-state index in [0.29, 0.717) is 17.5 Å². The van der Waals surface area contributed by atoms with Gasteiger partial charge in [0.25, 0.3) is 0 Å². The smallest absolute Gasteiger partial charge is 0.164 e. The summed E-state index contributed by atoms with van der Waals surface area (Å²) in [6.45, 7) is 0. The number of aromatic nitrogens is 5. The van der Waals surface area contributed by atoms with E-state index in [-0.39, 0.29) is 0 Å². The first-order valence-electron chi connectivity index (χ1n) is 19.1. The van der Waals surface area contributed by atoms with E-state index in [4.69, 9.17) is 15.0 Å². The third-order valence-corrected chi connectivity index (χ3v) is 12.3. The Morgan fingerprint density at radius 2 is 0.860 bits per heavy atom. The van der Waals surface area contributed by atoms with Gasteiger partial charge in [0, 0.05) is 64.1 Å². The molecule has 12 aromatic rings. The lowest BCUT2D eigenvalue weighted by Crippen LogP contribution is -2.01. The van der Waals surface area contributed by atoms with E-state index in [1.165, 1.54) is 47.2 Å². The lowest BCUT2D eigenvalue weighted by atomic mass is 10.1. The number of hydrogen-bond acceptors (Lipinski definition) is 4. The van der Waals surface area contributed by atoms with Crippen LogP contribution >= 0.6 is 11.3 Å². The van der Waals surface area contributed by atoms with Crippen molar-refractivity contribution in [3.8, 4) is 45.5 Å². The van der Waals surface area contributed by atoms with Gasteiger partial charge in [-0.15, -0.1) is 11.3 Å². The van der Waals surface area contributed by atoms with Crippen molar-refractivity contribution in [2.24, 2.45) is 0 Å². The van der Waals surface area contributed by atoms with E-state index in [1.54, 1.807) is 11.3 Å². The fourth-order valence-electron chi connectivity index (χ4n) is 8.61. The molecule has 0 radical (unpaired) electrons. The number of nitrogens with zero attached hydrogens (tertiary/aromatic N) is 5. The molecule has 0 saturated heterocycles. The summed E-state index contributed by atoms with van der Waals surface area (Å²) < 4.78 is 7.31. The van der Waals surface area contributed by atoms with Crippen LogP contribution in [0.5, 0.6) is 0 Å². The summed E-state index contributed by atoms with van der Waals surface area (Å²) in [6.07, 6.45) is 0. The molecule has 0 bridgehead atoms. The lowest BCUT2D eigenvalue weighted by Gasteiger charge is -2.14. The monoisotopic (exact) mass is 745 g/mol. The Balaban J connectivity index is 1.11. The van der Waals surface area contributed by atoms with Crippen molar-refractivity contribution < 1.29 is 0 Å². The van der Waals surface area contributed by atoms with Crippen molar-refractivity contribution in [1.82, 2.24) is 24.1 Å². The Kier molecular flexibility index (Phi) is 7.03. The molecule has 0 amide bonds. The zero-order valence-corrected chi connectivity index (χ0v) is 31.4. The van der Waals surface area contributed by atoms with Gasteiger partial charge in [0.2, 0.25) is 0 Å². The number of rotatable bonds is 5. The standard InChI is InChI=1S/C51H31N5S/c1-3-14-32(15-4-1)49-52-50(54-51(53-49)34-27-29-40-39-20-9-12-25-46(39)57-47(40)31-34)33-26-28-38-36-18-7-11-23-43(36)56(45(38)30-33)44-24-13-21-41-37-19-8-10-22-42(37)55(48(41)44)35-16-5-2-6-17-35/h1-31H. The molecule has 0 spiro atoms. The second kappa shape index (κ2) is 12.6. The minimum Gasteiger partial charge on any atom is -0.307 e. The van der Waals surface area contributed by atoms with Crippen molar-refractivity contribution in [3.63, 3.8) is 0 Å². The van der Waals surface area contributed by atoms with E-state index < -0.39 is 0 Å². The summed E-state index contributed by atoms with van der Waals surface area (Å²) in [5.74, 6) is 1.92. The molecular formula is C51H31N5S. The summed E-state index contributed by atoms with van der Waals surface area (Å²) in [4.78, 5) is 15.5. The summed E-state index contributed by atoms with van der Waals surface area (Å²) >= 11 is 1.80. The minimum absolute atomic E-state index is 0.630. The number of hydrogen-bond donors (Lipinski definition) is 0. The molecule has 0 atom stereocenters. The van der Waals surface area contributed by atoms with Gasteiger partial charge in [-0.3, -0.25) is 0 Å². The van der Waals surface area contributed by atoms with Crippen LogP contribution in [-0.2, 0) is 0 Å². The third kappa shape index (κ3) is 4.98. The average molecular weight is 746 g/mol. The Morgan fingerprint density at radius 1 is 0.333 bits per heavy atom. The largest absolute Gasteiger partial charge is 0.307 e. The van der Waals surface area contributed by atoms with Gasteiger partial charge in [0.15, 0.2) is 17.5 Å². The number of benzene rings is 8. The van der Waals surface area contributed by atoms with Gasteiger partial charge in [-0.1, -0.05) is 140 Å². The molecule has 0 aliphatic carbocycles. The van der Waals surface area contributed by atoms with Crippen LogP contribution < -0.4 is 0 Å². The fraction of sp³-hybridized carbons (Fsp3) is 0. The molecule has 0 N–H and O–H groups in total.